The summed E-state index contributed by atoms with van der Waals surface area (Å²) in [6.07, 6.45) is 4.03. The minimum atomic E-state index is -1.30. The maximum absolute atomic E-state index is 13.8. The van der Waals surface area contributed by atoms with Crippen LogP contribution in [-0.4, -0.2) is 81.5 Å². The number of aromatic nitrogens is 1. The summed E-state index contributed by atoms with van der Waals surface area (Å²) in [5.41, 5.74) is 6.70. The molecule has 262 valence electrons. The molecule has 1 aliphatic heterocycles. The number of benzene rings is 2. The SMILES string of the molecule is CC(C)(C)NC(=O)[C@@H]1C[C@@H]2CCCC[C@@H]2CN1C[C@@H](O)[C@H](Cc1ccccc1)NC(=O)[C@H](CC(N)=O)NC(=O)c1cc[14c]2[14cH][14cH][14cH][14cH][14c]2n1. The van der Waals surface area contributed by atoms with Crippen LogP contribution < -0.4 is 21.7 Å². The highest BCUT2D eigenvalue weighted by Crippen LogP contribution is 2.39. The van der Waals surface area contributed by atoms with Crippen LogP contribution >= 0.6 is 0 Å². The molecule has 0 bridgehead atoms. The first-order chi connectivity index (χ1) is 23.4. The van der Waals surface area contributed by atoms with Crippen molar-refractivity contribution in [3.05, 3.63) is 78.0 Å². The molecule has 1 aliphatic carbocycles. The number of hydrogen-bond donors (Lipinski definition) is 5. The van der Waals surface area contributed by atoms with Crippen LogP contribution in [0, 0.1) is 11.8 Å². The van der Waals surface area contributed by atoms with Crippen molar-refractivity contribution in [2.24, 2.45) is 17.6 Å². The van der Waals surface area contributed by atoms with Gasteiger partial charge in [-0.1, -0.05) is 73.9 Å². The van der Waals surface area contributed by atoms with E-state index in [4.69, 9.17) is 5.73 Å². The zero-order valence-electron chi connectivity index (χ0n) is 28.7. The third kappa shape index (κ3) is 9.86. The molecule has 0 unspecified atom stereocenters. The minimum absolute atomic E-state index is 0.0566. The molecule has 2 aromatic carbocycles. The minimum Gasteiger partial charge on any atom is -0.390 e. The number of aliphatic hydroxyl groups excluding tert-OH is 1. The van der Waals surface area contributed by atoms with Gasteiger partial charge in [0.1, 0.15) is 11.7 Å². The van der Waals surface area contributed by atoms with Crippen LogP contribution in [0.15, 0.2) is 66.7 Å². The lowest BCUT2D eigenvalue weighted by Gasteiger charge is -2.47. The Morgan fingerprint density at radius 3 is 2.47 bits per heavy atom. The van der Waals surface area contributed by atoms with Gasteiger partial charge in [0.25, 0.3) is 5.91 Å². The number of amides is 4. The number of β-amino-alcohol motifs (C(OH)–C–C–N with tert-alkyl or cyclic N) is 1. The summed E-state index contributed by atoms with van der Waals surface area (Å²) >= 11 is 0. The summed E-state index contributed by atoms with van der Waals surface area (Å²) < 4.78 is 0. The van der Waals surface area contributed by atoms with Crippen LogP contribution in [0.5, 0.6) is 0 Å². The first-order valence-electron chi connectivity index (χ1n) is 17.4. The van der Waals surface area contributed by atoms with Crippen LogP contribution in [0.4, 0.5) is 0 Å². The number of primary amides is 1. The number of carbonyl (C=O) groups is 4. The van der Waals surface area contributed by atoms with Crippen LogP contribution in [0.1, 0.15) is 75.3 Å². The van der Waals surface area contributed by atoms with Crippen LogP contribution in [0.2, 0.25) is 0 Å². The summed E-state index contributed by atoms with van der Waals surface area (Å²) in [5, 5.41) is 21.4. The van der Waals surface area contributed by atoms with Crippen molar-refractivity contribution in [3.63, 3.8) is 0 Å². The van der Waals surface area contributed by atoms with Gasteiger partial charge in [0.2, 0.25) is 17.7 Å². The van der Waals surface area contributed by atoms with E-state index in [1.54, 1.807) is 18.2 Å². The fourth-order valence-electron chi connectivity index (χ4n) is 7.26. The maximum atomic E-state index is 13.8. The molecule has 2 aliphatic rings. The number of aliphatic hydroxyl groups is 1. The van der Waals surface area contributed by atoms with Gasteiger partial charge in [-0.25, -0.2) is 4.98 Å². The molecule has 2 heterocycles. The van der Waals surface area contributed by atoms with Crippen LogP contribution in [-0.2, 0) is 20.8 Å². The van der Waals surface area contributed by atoms with E-state index < -0.39 is 53.9 Å². The lowest BCUT2D eigenvalue weighted by molar-refractivity contribution is -0.133. The Bertz CT molecular complexity index is 1630. The van der Waals surface area contributed by atoms with Gasteiger partial charge < -0.3 is 26.8 Å². The number of likely N-dealkylation sites (tertiary alicyclic amines) is 1. The van der Waals surface area contributed by atoms with Gasteiger partial charge in [-0.15, -0.1) is 0 Å². The number of para-hydroxylation sites is 1. The summed E-state index contributed by atoms with van der Waals surface area (Å²) in [7, 11) is 0. The third-order valence-electron chi connectivity index (χ3n) is 9.67. The van der Waals surface area contributed by atoms with Gasteiger partial charge in [0.05, 0.1) is 30.1 Å². The Labute approximate surface area is 288 Å². The number of nitrogens with two attached hydrogens (primary N) is 1. The van der Waals surface area contributed by atoms with Gasteiger partial charge in [-0.2, -0.15) is 0 Å². The normalized spacial score (nSPS) is 21.5. The molecule has 11 nitrogen and oxygen atoms in total. The lowest BCUT2D eigenvalue weighted by Crippen LogP contribution is -2.61. The fourth-order valence-corrected chi connectivity index (χ4v) is 7.26. The first-order valence-corrected chi connectivity index (χ1v) is 17.4. The molecular weight excluding hydrogens is 632 g/mol. The fraction of sp³-hybridized carbons (Fsp3) is 0.500. The Balaban J connectivity index is 1.35. The molecule has 1 saturated carbocycles. The maximum Gasteiger partial charge on any atom is 0.270 e. The number of fused-ring (bicyclic) bond motifs is 2. The van der Waals surface area contributed by atoms with E-state index in [2.05, 4.69) is 25.8 Å². The van der Waals surface area contributed by atoms with Crippen molar-refractivity contribution in [2.45, 2.75) is 95.5 Å². The Kier molecular flexibility index (Phi) is 11.7. The average Bonchev–Trinajstić information content (AvgIpc) is 3.06. The van der Waals surface area contributed by atoms with E-state index in [0.717, 1.165) is 36.6 Å². The van der Waals surface area contributed by atoms with Crippen molar-refractivity contribution in [3.8, 4) is 0 Å². The second-order valence-corrected chi connectivity index (χ2v) is 14.7. The molecule has 6 N–H and O–H groups in total. The average molecular weight is 683 g/mol. The Morgan fingerprint density at radius 1 is 1.04 bits per heavy atom. The number of rotatable bonds is 12. The van der Waals surface area contributed by atoms with Crippen LogP contribution in [0.3, 0.4) is 0 Å². The highest BCUT2D eigenvalue weighted by molar-refractivity contribution is 5.99. The molecule has 4 amide bonds. The van der Waals surface area contributed by atoms with Gasteiger partial charge in [0, 0.05) is 24.0 Å². The number of nitrogens with one attached hydrogen (secondary N) is 3. The van der Waals surface area contributed by atoms with E-state index >= 15 is 0 Å². The summed E-state index contributed by atoms with van der Waals surface area (Å²) in [6, 6.07) is 17.6. The number of pyridine rings is 1. The van der Waals surface area contributed by atoms with Crippen LogP contribution in [0.25, 0.3) is 10.9 Å². The van der Waals surface area contributed by atoms with Gasteiger partial charge >= 0.3 is 0 Å². The molecule has 1 aromatic heterocycles. The molecule has 2 fully saturated rings. The topological polar surface area (TPSA) is 167 Å². The summed E-state index contributed by atoms with van der Waals surface area (Å²) in [5.74, 6) is -1.20. The number of nitrogens with zero attached hydrogens (tertiary/aromatic N) is 2. The van der Waals surface area contributed by atoms with Crippen molar-refractivity contribution in [1.29, 1.82) is 0 Å². The molecule has 1 saturated heterocycles. The number of piperidine rings is 1. The second kappa shape index (κ2) is 15.9. The first kappa shape index (κ1) is 35.9. The molecule has 3 aromatic rings. The predicted molar refractivity (Wildman–Crippen MR) is 188 cm³/mol. The quantitative estimate of drug-likeness (QED) is 0.196. The molecule has 0 radical (unpaired) electrons. The number of hydrogen-bond acceptors (Lipinski definition) is 7. The van der Waals surface area contributed by atoms with Crippen molar-refractivity contribution in [1.82, 2.24) is 25.8 Å². The van der Waals surface area contributed by atoms with E-state index in [9.17, 15) is 24.3 Å². The largest absolute Gasteiger partial charge is 0.390 e. The van der Waals surface area contributed by atoms with Gasteiger partial charge in [0.15, 0.2) is 0 Å². The van der Waals surface area contributed by atoms with Gasteiger partial charge in [-0.05, 0) is 69.6 Å². The Hall–Kier alpha value is -4.35. The molecule has 0 spiro atoms. The second-order valence-electron chi connectivity index (χ2n) is 14.7. The smallest absolute Gasteiger partial charge is 0.270 e. The van der Waals surface area contributed by atoms with Crippen molar-refractivity contribution in [2.75, 3.05) is 13.1 Å². The third-order valence-corrected chi connectivity index (χ3v) is 9.67. The van der Waals surface area contributed by atoms with E-state index in [1.165, 1.54) is 6.42 Å². The highest BCUT2D eigenvalue weighted by atomic mass is 16.3. The molecule has 6 atom stereocenters. The monoisotopic (exact) mass is 682 g/mol. The van der Waals surface area contributed by atoms with Crippen molar-refractivity contribution < 1.29 is 24.3 Å². The molecule has 49 heavy (non-hydrogen) atoms. The number of carbonyl (C=O) groups excluding carboxylic acids is 4. The van der Waals surface area contributed by atoms with Gasteiger partial charge in [-0.3, -0.25) is 24.1 Å². The van der Waals surface area contributed by atoms with Crippen molar-refractivity contribution >= 4 is 34.5 Å². The summed E-state index contributed by atoms with van der Waals surface area (Å²) in [4.78, 5) is 59.3. The lowest BCUT2D eigenvalue weighted by atomic mass is 9.72. The standard InChI is InChI=1S/C38H50N6O5/c1-38(2,3)43-37(49)32-20-26-14-7-8-15-27(26)22-44(32)23-33(45)30(19-24-11-5-4-6-12-24)41-36(48)31(21-34(39)46)42-35(47)29-18-17-25-13-9-10-16-28(25)40-29/h4-6,9-13,16-18,26-27,30-33,45H,7-8,14-15,19-23H2,1-3H3,(H2,39,46)(H,41,48)(H,42,47)(H,43,49)/t26-,27+,30-,31-,32-,33+/m0/s1/i9+2,10+2,13+2,16+2,25+2,28+2. The Morgan fingerprint density at radius 2 is 1.76 bits per heavy atom. The zero-order valence-corrected chi connectivity index (χ0v) is 28.7. The summed E-state index contributed by atoms with van der Waals surface area (Å²) in [6.45, 7) is 6.73. The predicted octanol–water partition coefficient (Wildman–Crippen LogP) is 3.09. The molecule has 5 rings (SSSR count). The molecule has 11 heteroatoms. The van der Waals surface area contributed by atoms with E-state index in [1.807, 2.05) is 69.3 Å². The zero-order chi connectivity index (χ0) is 35.1. The highest BCUT2D eigenvalue weighted by Gasteiger charge is 2.42. The van der Waals surface area contributed by atoms with E-state index in [0.29, 0.717) is 23.9 Å². The van der Waals surface area contributed by atoms with E-state index in [-0.39, 0.29) is 24.6 Å². The molecular formula is C38H50N6O5.